The monoisotopic (exact) mass is 332 g/mol. The summed E-state index contributed by atoms with van der Waals surface area (Å²) >= 11 is 0. The average molecular weight is 332 g/mol. The van der Waals surface area contributed by atoms with Crippen molar-refractivity contribution < 1.29 is 13.3 Å². The smallest absolute Gasteiger partial charge is 0.258 e. The topological polar surface area (TPSA) is 80.5 Å². The van der Waals surface area contributed by atoms with E-state index in [2.05, 4.69) is 0 Å². The summed E-state index contributed by atoms with van der Waals surface area (Å²) in [6, 6.07) is 12.6. The third kappa shape index (κ3) is 2.85. The number of rotatable bonds is 3. The fourth-order valence-electron chi connectivity index (χ4n) is 2.85. The number of sulfonamides is 1. The maximum absolute atomic E-state index is 12.8. The molecule has 3 rings (SSSR count). The molecule has 0 amide bonds. The number of benzene rings is 2. The van der Waals surface area contributed by atoms with Gasteiger partial charge in [-0.3, -0.25) is 10.1 Å². The summed E-state index contributed by atoms with van der Waals surface area (Å²) in [5.41, 5.74) is 2.03. The lowest BCUT2D eigenvalue weighted by atomic mass is 9.97. The molecule has 0 aromatic heterocycles. The van der Waals surface area contributed by atoms with Crippen LogP contribution in [0.5, 0.6) is 0 Å². The van der Waals surface area contributed by atoms with Crippen LogP contribution in [0.3, 0.4) is 0 Å². The number of hydrogen-bond donors (Lipinski definition) is 0. The van der Waals surface area contributed by atoms with Crippen LogP contribution in [-0.2, 0) is 23.0 Å². The molecule has 1 unspecified atom stereocenters. The summed E-state index contributed by atoms with van der Waals surface area (Å²) in [5, 5.41) is 10.7. The van der Waals surface area contributed by atoms with Gasteiger partial charge in [0.05, 0.1) is 9.82 Å². The first-order valence-corrected chi connectivity index (χ1v) is 8.66. The van der Waals surface area contributed by atoms with Crippen LogP contribution in [0.2, 0.25) is 0 Å². The van der Waals surface area contributed by atoms with Crippen LogP contribution in [0.4, 0.5) is 5.69 Å². The van der Waals surface area contributed by atoms with E-state index in [1.54, 1.807) is 0 Å². The third-order valence-corrected chi connectivity index (χ3v) is 6.08. The lowest BCUT2D eigenvalue weighted by molar-refractivity contribution is -0.384. The molecule has 2 aromatic carbocycles. The van der Waals surface area contributed by atoms with Gasteiger partial charge in [-0.05, 0) is 36.6 Å². The van der Waals surface area contributed by atoms with E-state index in [4.69, 9.17) is 0 Å². The van der Waals surface area contributed by atoms with Crippen molar-refractivity contribution in [2.24, 2.45) is 0 Å². The highest BCUT2D eigenvalue weighted by Gasteiger charge is 2.33. The minimum atomic E-state index is -3.69. The number of fused-ring (bicyclic) bond motifs is 1. The van der Waals surface area contributed by atoms with E-state index in [0.717, 1.165) is 11.1 Å². The molecule has 0 radical (unpaired) electrons. The molecule has 0 aliphatic carbocycles. The molecule has 0 fully saturated rings. The molecule has 1 aliphatic rings. The van der Waals surface area contributed by atoms with Crippen molar-refractivity contribution in [1.82, 2.24) is 4.31 Å². The van der Waals surface area contributed by atoms with E-state index in [1.165, 1.54) is 28.6 Å². The van der Waals surface area contributed by atoms with E-state index in [-0.39, 0.29) is 16.6 Å². The largest absolute Gasteiger partial charge is 0.269 e. The Kier molecular flexibility index (Phi) is 3.91. The number of nitro benzene ring substituents is 1. The highest BCUT2D eigenvalue weighted by atomic mass is 32.2. The van der Waals surface area contributed by atoms with Crippen LogP contribution in [0.25, 0.3) is 0 Å². The van der Waals surface area contributed by atoms with E-state index < -0.39 is 14.9 Å². The molecule has 1 aliphatic heterocycles. The predicted octanol–water partition coefficient (Wildman–Crippen LogP) is 2.73. The highest BCUT2D eigenvalue weighted by Crippen LogP contribution is 2.29. The second kappa shape index (κ2) is 5.75. The average Bonchev–Trinajstić information content (AvgIpc) is 2.54. The summed E-state index contributed by atoms with van der Waals surface area (Å²) in [7, 11) is -3.69. The van der Waals surface area contributed by atoms with E-state index in [9.17, 15) is 18.5 Å². The molecule has 1 atom stereocenters. The van der Waals surface area contributed by atoms with Crippen LogP contribution in [0.1, 0.15) is 18.1 Å². The van der Waals surface area contributed by atoms with Crippen LogP contribution in [0.15, 0.2) is 53.4 Å². The number of non-ortho nitro benzene ring substituents is 1. The van der Waals surface area contributed by atoms with Crippen molar-refractivity contribution in [3.05, 3.63) is 69.8 Å². The molecule has 1 heterocycles. The molecule has 0 spiro atoms. The van der Waals surface area contributed by atoms with Gasteiger partial charge in [0.2, 0.25) is 10.0 Å². The van der Waals surface area contributed by atoms with Gasteiger partial charge >= 0.3 is 0 Å². The molecule has 23 heavy (non-hydrogen) atoms. The summed E-state index contributed by atoms with van der Waals surface area (Å²) in [6.45, 7) is 2.19. The van der Waals surface area contributed by atoms with Gasteiger partial charge < -0.3 is 0 Å². The second-order valence-corrected chi connectivity index (χ2v) is 7.51. The van der Waals surface area contributed by atoms with Gasteiger partial charge in [0, 0.05) is 24.7 Å². The molecule has 0 saturated heterocycles. The fourth-order valence-corrected chi connectivity index (χ4v) is 4.46. The summed E-state index contributed by atoms with van der Waals surface area (Å²) < 4.78 is 27.1. The zero-order chi connectivity index (χ0) is 16.6. The van der Waals surface area contributed by atoms with Gasteiger partial charge in [-0.2, -0.15) is 4.31 Å². The normalized spacial score (nSPS) is 18.4. The predicted molar refractivity (Wildman–Crippen MR) is 85.4 cm³/mol. The second-order valence-electron chi connectivity index (χ2n) is 5.62. The Hall–Kier alpha value is -2.25. The molecule has 7 heteroatoms. The summed E-state index contributed by atoms with van der Waals surface area (Å²) in [6.07, 6.45) is 0.655. The summed E-state index contributed by atoms with van der Waals surface area (Å²) in [4.78, 5) is 10.2. The number of hydrogen-bond acceptors (Lipinski definition) is 4. The molecule has 0 N–H and O–H groups in total. The minimum absolute atomic E-state index is 0.0781. The van der Waals surface area contributed by atoms with Gasteiger partial charge in [0.1, 0.15) is 0 Å². The molecule has 0 saturated carbocycles. The van der Waals surface area contributed by atoms with E-state index in [0.29, 0.717) is 13.0 Å². The Morgan fingerprint density at radius 1 is 1.09 bits per heavy atom. The lowest BCUT2D eigenvalue weighted by Crippen LogP contribution is -2.42. The van der Waals surface area contributed by atoms with Crippen molar-refractivity contribution in [2.45, 2.75) is 30.8 Å². The Morgan fingerprint density at radius 3 is 2.30 bits per heavy atom. The van der Waals surface area contributed by atoms with Gasteiger partial charge in [-0.1, -0.05) is 24.3 Å². The third-order valence-electron chi connectivity index (χ3n) is 4.11. The van der Waals surface area contributed by atoms with Crippen molar-refractivity contribution in [3.63, 3.8) is 0 Å². The zero-order valence-electron chi connectivity index (χ0n) is 12.5. The standard InChI is InChI=1S/C16H16N2O4S/c1-12-10-13-4-2-3-5-14(13)11-17(12)23(21,22)16-8-6-15(7-9-16)18(19)20/h2-9,12H,10-11H2,1H3. The molecule has 0 bridgehead atoms. The molecular weight excluding hydrogens is 316 g/mol. The number of nitro groups is 1. The Balaban J connectivity index is 1.95. The summed E-state index contributed by atoms with van der Waals surface area (Å²) in [5.74, 6) is 0. The van der Waals surface area contributed by atoms with E-state index >= 15 is 0 Å². The molecule has 6 nitrogen and oxygen atoms in total. The minimum Gasteiger partial charge on any atom is -0.258 e. The van der Waals surface area contributed by atoms with Gasteiger partial charge in [-0.25, -0.2) is 8.42 Å². The van der Waals surface area contributed by atoms with Crippen molar-refractivity contribution >= 4 is 15.7 Å². The fraction of sp³-hybridized carbons (Fsp3) is 0.250. The van der Waals surface area contributed by atoms with Crippen molar-refractivity contribution in [2.75, 3.05) is 0 Å². The Morgan fingerprint density at radius 2 is 1.70 bits per heavy atom. The zero-order valence-corrected chi connectivity index (χ0v) is 13.4. The molecule has 2 aromatic rings. The first kappa shape index (κ1) is 15.6. The van der Waals surface area contributed by atoms with Crippen LogP contribution < -0.4 is 0 Å². The SMILES string of the molecule is CC1Cc2ccccc2CN1S(=O)(=O)c1ccc([N+](=O)[O-])cc1. The molecular formula is C16H16N2O4S. The van der Waals surface area contributed by atoms with Crippen LogP contribution in [0, 0.1) is 10.1 Å². The Labute approximate surface area is 134 Å². The van der Waals surface area contributed by atoms with Gasteiger partial charge in [-0.15, -0.1) is 0 Å². The maximum atomic E-state index is 12.8. The van der Waals surface area contributed by atoms with Crippen molar-refractivity contribution in [3.8, 4) is 0 Å². The Bertz CT molecular complexity index is 847. The first-order valence-electron chi connectivity index (χ1n) is 7.22. The van der Waals surface area contributed by atoms with Gasteiger partial charge in [0.25, 0.3) is 5.69 Å². The first-order chi connectivity index (χ1) is 10.9. The number of nitrogens with zero attached hydrogens (tertiary/aromatic N) is 2. The van der Waals surface area contributed by atoms with Crippen LogP contribution >= 0.6 is 0 Å². The van der Waals surface area contributed by atoms with Crippen LogP contribution in [-0.4, -0.2) is 23.7 Å². The molecule has 120 valence electrons. The quantitative estimate of drug-likeness (QED) is 0.639. The van der Waals surface area contributed by atoms with Crippen molar-refractivity contribution in [1.29, 1.82) is 0 Å². The lowest BCUT2D eigenvalue weighted by Gasteiger charge is -2.33. The maximum Gasteiger partial charge on any atom is 0.269 e. The van der Waals surface area contributed by atoms with Gasteiger partial charge in [0.15, 0.2) is 0 Å². The van der Waals surface area contributed by atoms with E-state index in [1.807, 2.05) is 31.2 Å². The highest BCUT2D eigenvalue weighted by molar-refractivity contribution is 7.89.